The summed E-state index contributed by atoms with van der Waals surface area (Å²) in [5.41, 5.74) is 0.437. The van der Waals surface area contributed by atoms with E-state index in [1.54, 1.807) is 19.2 Å². The van der Waals surface area contributed by atoms with Gasteiger partial charge in [-0.3, -0.25) is 0 Å². The summed E-state index contributed by atoms with van der Waals surface area (Å²) in [5, 5.41) is 6.08. The number of morpholine rings is 1. The minimum atomic E-state index is -4.40. The maximum Gasteiger partial charge on any atom is 0.416 e. The molecule has 168 valence electrons. The van der Waals surface area contributed by atoms with E-state index >= 15 is 0 Å². The average molecular weight is 446 g/mol. The van der Waals surface area contributed by atoms with Crippen LogP contribution in [-0.2, 0) is 10.9 Å². The summed E-state index contributed by atoms with van der Waals surface area (Å²) in [7, 11) is 1.59. The molecule has 0 atom stereocenters. The quantitative estimate of drug-likeness (QED) is 0.582. The third kappa shape index (κ3) is 5.35. The molecule has 0 saturated carbocycles. The minimum Gasteiger partial charge on any atom is -0.497 e. The van der Waals surface area contributed by atoms with E-state index < -0.39 is 11.7 Å². The third-order valence-electron chi connectivity index (χ3n) is 4.73. The first-order chi connectivity index (χ1) is 15.4. The maximum atomic E-state index is 12.8. The molecule has 1 saturated heterocycles. The number of anilines is 5. The van der Waals surface area contributed by atoms with Gasteiger partial charge < -0.3 is 25.0 Å². The summed E-state index contributed by atoms with van der Waals surface area (Å²) < 4.78 is 49.0. The molecule has 1 fully saturated rings. The van der Waals surface area contributed by atoms with Crippen molar-refractivity contribution in [3.8, 4) is 5.75 Å². The lowest BCUT2D eigenvalue weighted by Gasteiger charge is -2.27. The fourth-order valence-corrected chi connectivity index (χ4v) is 3.06. The van der Waals surface area contributed by atoms with Gasteiger partial charge in [0.05, 0.1) is 25.9 Å². The Morgan fingerprint density at radius 3 is 1.88 bits per heavy atom. The average Bonchev–Trinajstić information content (AvgIpc) is 2.80. The van der Waals surface area contributed by atoms with Crippen molar-refractivity contribution in [1.82, 2.24) is 15.0 Å². The molecule has 1 aliphatic heterocycles. The van der Waals surface area contributed by atoms with Crippen LogP contribution in [0.5, 0.6) is 5.75 Å². The van der Waals surface area contributed by atoms with Crippen LogP contribution in [0.2, 0.25) is 0 Å². The predicted molar refractivity (Wildman–Crippen MR) is 114 cm³/mol. The topological polar surface area (TPSA) is 84.4 Å². The number of nitrogens with zero attached hydrogens (tertiary/aromatic N) is 4. The molecule has 2 heterocycles. The summed E-state index contributed by atoms with van der Waals surface area (Å²) >= 11 is 0. The lowest BCUT2D eigenvalue weighted by atomic mass is 10.2. The van der Waals surface area contributed by atoms with Crippen LogP contribution in [0, 0.1) is 0 Å². The molecule has 0 aliphatic carbocycles. The van der Waals surface area contributed by atoms with Crippen molar-refractivity contribution in [3.05, 3.63) is 54.1 Å². The van der Waals surface area contributed by atoms with Gasteiger partial charge in [0, 0.05) is 24.5 Å². The normalized spacial score (nSPS) is 14.2. The molecule has 1 aromatic heterocycles. The highest BCUT2D eigenvalue weighted by Gasteiger charge is 2.30. The number of nitrogens with one attached hydrogen (secondary N) is 2. The summed E-state index contributed by atoms with van der Waals surface area (Å²) in [6, 6.07) is 11.9. The van der Waals surface area contributed by atoms with Crippen molar-refractivity contribution in [3.63, 3.8) is 0 Å². The van der Waals surface area contributed by atoms with Gasteiger partial charge in [0.1, 0.15) is 5.75 Å². The van der Waals surface area contributed by atoms with Crippen molar-refractivity contribution >= 4 is 29.2 Å². The van der Waals surface area contributed by atoms with Crippen LogP contribution < -0.4 is 20.3 Å². The van der Waals surface area contributed by atoms with Gasteiger partial charge in [0.25, 0.3) is 0 Å². The molecule has 0 amide bonds. The molecule has 2 aromatic carbocycles. The van der Waals surface area contributed by atoms with Gasteiger partial charge in [-0.25, -0.2) is 0 Å². The zero-order chi connectivity index (χ0) is 22.6. The first-order valence-electron chi connectivity index (χ1n) is 9.85. The number of methoxy groups -OCH3 is 1. The zero-order valence-electron chi connectivity index (χ0n) is 17.2. The van der Waals surface area contributed by atoms with Crippen molar-refractivity contribution in [2.24, 2.45) is 0 Å². The second-order valence-corrected chi connectivity index (χ2v) is 6.94. The fourth-order valence-electron chi connectivity index (χ4n) is 3.06. The zero-order valence-corrected chi connectivity index (χ0v) is 17.2. The van der Waals surface area contributed by atoms with E-state index in [-0.39, 0.29) is 5.95 Å². The molecule has 0 bridgehead atoms. The Bertz CT molecular complexity index is 1040. The molecule has 4 rings (SSSR count). The first-order valence-corrected chi connectivity index (χ1v) is 9.85. The van der Waals surface area contributed by atoms with E-state index in [1.807, 2.05) is 17.0 Å². The van der Waals surface area contributed by atoms with Gasteiger partial charge in [-0.15, -0.1) is 0 Å². The van der Waals surface area contributed by atoms with E-state index in [1.165, 1.54) is 12.1 Å². The predicted octanol–water partition coefficient (Wildman–Crippen LogP) is 4.22. The van der Waals surface area contributed by atoms with Gasteiger partial charge in [0.15, 0.2) is 0 Å². The van der Waals surface area contributed by atoms with E-state index in [0.29, 0.717) is 49.6 Å². The standard InChI is InChI=1S/C21H21F3N6O2/c1-31-17-8-6-16(7-9-17)26-19-27-18(28-20(29-19)30-10-12-32-13-11-30)25-15-4-2-14(3-5-15)21(22,23)24/h2-9H,10-13H2,1H3,(H2,25,26,27,28,29). The molecular formula is C21H21F3N6O2. The van der Waals surface area contributed by atoms with Crippen molar-refractivity contribution in [2.75, 3.05) is 48.9 Å². The van der Waals surface area contributed by atoms with Crippen LogP contribution in [0.25, 0.3) is 0 Å². The first kappa shape index (κ1) is 21.6. The Morgan fingerprint density at radius 1 is 0.844 bits per heavy atom. The van der Waals surface area contributed by atoms with Crippen LogP contribution >= 0.6 is 0 Å². The minimum absolute atomic E-state index is 0.206. The molecule has 0 spiro atoms. The maximum absolute atomic E-state index is 12.8. The summed E-state index contributed by atoms with van der Waals surface area (Å²) in [6.45, 7) is 2.33. The van der Waals surface area contributed by atoms with E-state index in [2.05, 4.69) is 25.6 Å². The monoisotopic (exact) mass is 446 g/mol. The van der Waals surface area contributed by atoms with Crippen LogP contribution in [-0.4, -0.2) is 48.4 Å². The van der Waals surface area contributed by atoms with Gasteiger partial charge >= 0.3 is 6.18 Å². The second-order valence-electron chi connectivity index (χ2n) is 6.94. The number of halogens is 3. The van der Waals surface area contributed by atoms with Crippen molar-refractivity contribution in [1.29, 1.82) is 0 Å². The van der Waals surface area contributed by atoms with Gasteiger partial charge in [-0.05, 0) is 48.5 Å². The SMILES string of the molecule is COc1ccc(Nc2nc(Nc3ccc(C(F)(F)F)cc3)nc(N3CCOCC3)n2)cc1. The number of alkyl halides is 3. The van der Waals surface area contributed by atoms with Crippen molar-refractivity contribution < 1.29 is 22.6 Å². The number of ether oxygens (including phenoxy) is 2. The third-order valence-corrected chi connectivity index (χ3v) is 4.73. The highest BCUT2D eigenvalue weighted by Crippen LogP contribution is 2.30. The van der Waals surface area contributed by atoms with Crippen molar-refractivity contribution in [2.45, 2.75) is 6.18 Å². The Labute approximate surface area is 182 Å². The Kier molecular flexibility index (Phi) is 6.26. The molecule has 32 heavy (non-hydrogen) atoms. The largest absolute Gasteiger partial charge is 0.497 e. The van der Waals surface area contributed by atoms with Crippen LogP contribution in [0.1, 0.15) is 5.56 Å². The summed E-state index contributed by atoms with van der Waals surface area (Å²) in [5.74, 6) is 1.65. The lowest BCUT2D eigenvalue weighted by molar-refractivity contribution is -0.137. The Balaban J connectivity index is 1.60. The number of aromatic nitrogens is 3. The number of hydrogen-bond acceptors (Lipinski definition) is 8. The van der Waals surface area contributed by atoms with Gasteiger partial charge in [0.2, 0.25) is 17.8 Å². The number of rotatable bonds is 6. The second kappa shape index (κ2) is 9.27. The molecule has 3 aromatic rings. The molecule has 1 aliphatic rings. The van der Waals surface area contributed by atoms with Crippen LogP contribution in [0.3, 0.4) is 0 Å². The van der Waals surface area contributed by atoms with Crippen LogP contribution in [0.15, 0.2) is 48.5 Å². The smallest absolute Gasteiger partial charge is 0.416 e. The Morgan fingerprint density at radius 2 is 1.38 bits per heavy atom. The fraction of sp³-hybridized carbons (Fsp3) is 0.286. The molecule has 11 heteroatoms. The van der Waals surface area contributed by atoms with E-state index in [4.69, 9.17) is 9.47 Å². The van der Waals surface area contributed by atoms with E-state index in [0.717, 1.165) is 17.8 Å². The summed E-state index contributed by atoms with van der Waals surface area (Å²) in [6.07, 6.45) is -4.40. The highest BCUT2D eigenvalue weighted by atomic mass is 19.4. The molecule has 8 nitrogen and oxygen atoms in total. The molecular weight excluding hydrogens is 425 g/mol. The number of benzene rings is 2. The number of hydrogen-bond donors (Lipinski definition) is 2. The van der Waals surface area contributed by atoms with E-state index in [9.17, 15) is 13.2 Å². The Hall–Kier alpha value is -3.60. The van der Waals surface area contributed by atoms with Crippen LogP contribution in [0.4, 0.5) is 42.4 Å². The molecule has 2 N–H and O–H groups in total. The summed E-state index contributed by atoms with van der Waals surface area (Å²) in [4.78, 5) is 15.3. The van der Waals surface area contributed by atoms with Gasteiger partial charge in [-0.2, -0.15) is 28.1 Å². The molecule has 0 unspecified atom stereocenters. The molecule has 0 radical (unpaired) electrons. The van der Waals surface area contributed by atoms with Gasteiger partial charge in [-0.1, -0.05) is 0 Å². The lowest BCUT2D eigenvalue weighted by Crippen LogP contribution is -2.37. The highest BCUT2D eigenvalue weighted by molar-refractivity contribution is 5.60.